The number of hydrogen-bond donors (Lipinski definition) is 2. The summed E-state index contributed by atoms with van der Waals surface area (Å²) in [6, 6.07) is 1.33. The Morgan fingerprint density at radius 2 is 2.50 bits per heavy atom. The number of hydrogen-bond acceptors (Lipinski definition) is 3. The highest BCUT2D eigenvalue weighted by molar-refractivity contribution is 6.35. The van der Waals surface area contributed by atoms with Crippen LogP contribution in [0.4, 0.5) is 5.82 Å². The molecule has 1 rings (SSSR count). The van der Waals surface area contributed by atoms with E-state index in [1.807, 2.05) is 6.92 Å². The van der Waals surface area contributed by atoms with Crippen molar-refractivity contribution < 1.29 is 9.90 Å². The summed E-state index contributed by atoms with van der Waals surface area (Å²) in [6.45, 7) is 1.87. The number of nitrogens with zero attached hydrogens (tertiary/aromatic N) is 1. The molecular formula is C11H11ClN2O2. The minimum atomic E-state index is -1.08. The third-order valence-electron chi connectivity index (χ3n) is 1.93. The summed E-state index contributed by atoms with van der Waals surface area (Å²) in [6.07, 6.45) is 7.06. The molecular weight excluding hydrogens is 228 g/mol. The second-order valence-corrected chi connectivity index (χ2v) is 3.66. The number of rotatable bonds is 4. The highest BCUT2D eigenvalue weighted by Gasteiger charge is 2.14. The van der Waals surface area contributed by atoms with Gasteiger partial charge in [0.15, 0.2) is 0 Å². The lowest BCUT2D eigenvalue weighted by molar-refractivity contribution is 0.0697. The minimum absolute atomic E-state index is 0.0148. The van der Waals surface area contributed by atoms with E-state index in [0.29, 0.717) is 12.2 Å². The van der Waals surface area contributed by atoms with Crippen molar-refractivity contribution in [2.75, 3.05) is 5.32 Å². The monoisotopic (exact) mass is 238 g/mol. The molecule has 0 amide bonds. The first kappa shape index (κ1) is 12.3. The number of anilines is 1. The third-order valence-corrected chi connectivity index (χ3v) is 2.31. The molecule has 0 saturated carbocycles. The second kappa shape index (κ2) is 5.38. The lowest BCUT2D eigenvalue weighted by atomic mass is 10.2. The fraction of sp³-hybridized carbons (Fsp3) is 0.273. The first-order valence-corrected chi connectivity index (χ1v) is 5.01. The quantitative estimate of drug-likeness (QED) is 0.790. The van der Waals surface area contributed by atoms with Gasteiger partial charge in [-0.15, -0.1) is 12.3 Å². The van der Waals surface area contributed by atoms with Crippen molar-refractivity contribution in [2.45, 2.75) is 19.4 Å². The van der Waals surface area contributed by atoms with E-state index in [-0.39, 0.29) is 16.6 Å². The summed E-state index contributed by atoms with van der Waals surface area (Å²) in [4.78, 5) is 14.8. The molecule has 0 radical (unpaired) electrons. The highest BCUT2D eigenvalue weighted by Crippen LogP contribution is 2.24. The minimum Gasteiger partial charge on any atom is -0.478 e. The summed E-state index contributed by atoms with van der Waals surface area (Å²) in [5.74, 6) is 1.75. The first-order chi connectivity index (χ1) is 7.56. The summed E-state index contributed by atoms with van der Waals surface area (Å²) in [5.41, 5.74) is 0.0204. The van der Waals surface area contributed by atoms with E-state index < -0.39 is 5.97 Å². The van der Waals surface area contributed by atoms with Crippen LogP contribution in [0.3, 0.4) is 0 Å². The molecule has 4 nitrogen and oxygen atoms in total. The molecule has 0 saturated heterocycles. The number of pyridine rings is 1. The molecule has 0 bridgehead atoms. The molecule has 5 heteroatoms. The summed E-state index contributed by atoms with van der Waals surface area (Å²) in [5, 5.41) is 11.9. The Hall–Kier alpha value is -1.73. The van der Waals surface area contributed by atoms with Crippen LogP contribution in [0.1, 0.15) is 23.7 Å². The molecule has 1 atom stereocenters. The first-order valence-electron chi connectivity index (χ1n) is 4.64. The predicted octanol–water partition coefficient (Wildman–Crippen LogP) is 2.26. The van der Waals surface area contributed by atoms with Crippen LogP contribution >= 0.6 is 11.6 Å². The number of carbonyl (C=O) groups is 1. The van der Waals surface area contributed by atoms with Crippen LogP contribution in [0.2, 0.25) is 5.02 Å². The zero-order valence-corrected chi connectivity index (χ0v) is 9.45. The molecule has 0 fully saturated rings. The van der Waals surface area contributed by atoms with Gasteiger partial charge in [-0.2, -0.15) is 0 Å². The standard InChI is InChI=1S/C11H11ClN2O2/c1-3-4-7(2)14-10-9(12)8(11(15)16)5-6-13-10/h1,5-7H,4H2,2H3,(H,13,14)(H,15,16). The Morgan fingerprint density at radius 3 is 3.06 bits per heavy atom. The number of terminal acetylenes is 1. The van der Waals surface area contributed by atoms with Crippen LogP contribution in [0.15, 0.2) is 12.3 Å². The van der Waals surface area contributed by atoms with Gasteiger partial charge in [-0.25, -0.2) is 9.78 Å². The van der Waals surface area contributed by atoms with Crippen molar-refractivity contribution >= 4 is 23.4 Å². The number of halogens is 1. The van der Waals surface area contributed by atoms with Crippen molar-refractivity contribution in [3.05, 3.63) is 22.8 Å². The van der Waals surface area contributed by atoms with Crippen molar-refractivity contribution in [1.29, 1.82) is 0 Å². The van der Waals surface area contributed by atoms with Gasteiger partial charge >= 0.3 is 5.97 Å². The molecule has 0 aliphatic rings. The Labute approximate surface area is 98.6 Å². The summed E-state index contributed by atoms with van der Waals surface area (Å²) in [7, 11) is 0. The van der Waals surface area contributed by atoms with E-state index in [9.17, 15) is 4.79 Å². The second-order valence-electron chi connectivity index (χ2n) is 3.28. The van der Waals surface area contributed by atoms with Gasteiger partial charge in [-0.05, 0) is 13.0 Å². The van der Waals surface area contributed by atoms with E-state index in [1.165, 1.54) is 12.3 Å². The third kappa shape index (κ3) is 2.88. The van der Waals surface area contributed by atoms with Crippen LogP contribution in [-0.2, 0) is 0 Å². The van der Waals surface area contributed by atoms with Crippen molar-refractivity contribution in [2.24, 2.45) is 0 Å². The van der Waals surface area contributed by atoms with Crippen LogP contribution in [0.5, 0.6) is 0 Å². The molecule has 0 aromatic carbocycles. The van der Waals surface area contributed by atoms with Gasteiger partial charge in [0.2, 0.25) is 0 Å². The maximum atomic E-state index is 10.8. The van der Waals surface area contributed by atoms with Crippen molar-refractivity contribution in [3.63, 3.8) is 0 Å². The van der Waals surface area contributed by atoms with Gasteiger partial charge in [0, 0.05) is 18.7 Å². The number of carboxylic acid groups (broad SMARTS) is 1. The van der Waals surface area contributed by atoms with Crippen LogP contribution in [0, 0.1) is 12.3 Å². The number of nitrogens with one attached hydrogen (secondary N) is 1. The van der Waals surface area contributed by atoms with E-state index in [1.54, 1.807) is 0 Å². The fourth-order valence-corrected chi connectivity index (χ4v) is 1.42. The van der Waals surface area contributed by atoms with Crippen molar-refractivity contribution in [1.82, 2.24) is 4.98 Å². The molecule has 0 spiro atoms. The maximum absolute atomic E-state index is 10.8. The van der Waals surface area contributed by atoms with E-state index in [2.05, 4.69) is 16.2 Å². The normalized spacial score (nSPS) is 11.6. The lowest BCUT2D eigenvalue weighted by Crippen LogP contribution is -2.16. The molecule has 0 aliphatic carbocycles. The summed E-state index contributed by atoms with van der Waals surface area (Å²) >= 11 is 5.89. The SMILES string of the molecule is C#CCC(C)Nc1nccc(C(=O)O)c1Cl. The highest BCUT2D eigenvalue weighted by atomic mass is 35.5. The Kier molecular flexibility index (Phi) is 4.15. The Balaban J connectivity index is 2.94. The zero-order valence-electron chi connectivity index (χ0n) is 8.70. The van der Waals surface area contributed by atoms with Gasteiger partial charge in [0.25, 0.3) is 0 Å². The van der Waals surface area contributed by atoms with Crippen LogP contribution in [-0.4, -0.2) is 22.1 Å². The number of aromatic nitrogens is 1. The zero-order chi connectivity index (χ0) is 12.1. The van der Waals surface area contributed by atoms with Gasteiger partial charge in [0.1, 0.15) is 5.82 Å². The molecule has 16 heavy (non-hydrogen) atoms. The Bertz CT molecular complexity index is 440. The van der Waals surface area contributed by atoms with Gasteiger partial charge < -0.3 is 10.4 Å². The molecule has 0 aliphatic heterocycles. The molecule has 1 aromatic rings. The number of aromatic carboxylic acids is 1. The number of carboxylic acids is 1. The maximum Gasteiger partial charge on any atom is 0.337 e. The molecule has 1 heterocycles. The molecule has 84 valence electrons. The predicted molar refractivity (Wildman–Crippen MR) is 62.7 cm³/mol. The summed E-state index contributed by atoms with van der Waals surface area (Å²) < 4.78 is 0. The van der Waals surface area contributed by atoms with E-state index in [0.717, 1.165) is 0 Å². The van der Waals surface area contributed by atoms with Gasteiger partial charge in [-0.1, -0.05) is 11.6 Å². The van der Waals surface area contributed by atoms with E-state index in [4.69, 9.17) is 23.1 Å². The largest absolute Gasteiger partial charge is 0.478 e. The molecule has 2 N–H and O–H groups in total. The smallest absolute Gasteiger partial charge is 0.337 e. The topological polar surface area (TPSA) is 62.2 Å². The average molecular weight is 239 g/mol. The average Bonchev–Trinajstić information content (AvgIpc) is 2.21. The molecule has 1 unspecified atom stereocenters. The van der Waals surface area contributed by atoms with Gasteiger partial charge in [-0.3, -0.25) is 0 Å². The van der Waals surface area contributed by atoms with Gasteiger partial charge in [0.05, 0.1) is 10.6 Å². The molecule has 1 aromatic heterocycles. The van der Waals surface area contributed by atoms with Crippen molar-refractivity contribution in [3.8, 4) is 12.3 Å². The van der Waals surface area contributed by atoms with E-state index >= 15 is 0 Å². The fourth-order valence-electron chi connectivity index (χ4n) is 1.17. The van der Waals surface area contributed by atoms with Crippen LogP contribution in [0.25, 0.3) is 0 Å². The lowest BCUT2D eigenvalue weighted by Gasteiger charge is -2.13. The Morgan fingerprint density at radius 1 is 1.81 bits per heavy atom. The van der Waals surface area contributed by atoms with Crippen LogP contribution < -0.4 is 5.32 Å².